The number of ether oxygens (including phenoxy) is 2. The number of amides is 1. The van der Waals surface area contributed by atoms with Gasteiger partial charge in [-0.1, -0.05) is 17.7 Å². The van der Waals surface area contributed by atoms with Gasteiger partial charge in [0.05, 0.1) is 0 Å². The van der Waals surface area contributed by atoms with Gasteiger partial charge in [0.25, 0.3) is 5.91 Å². The fraction of sp³-hybridized carbons (Fsp3) is 0.412. The zero-order valence-corrected chi connectivity index (χ0v) is 15.4. The largest absolute Gasteiger partial charge is 0.478 e. The van der Waals surface area contributed by atoms with Gasteiger partial charge in [-0.15, -0.1) is 11.6 Å². The number of carboxylic acid groups (broad SMARTS) is 1. The third-order valence-electron chi connectivity index (χ3n) is 3.27. The number of carbonyl (C=O) groups is 4. The van der Waals surface area contributed by atoms with Crippen molar-refractivity contribution in [3.63, 3.8) is 0 Å². The molecule has 26 heavy (non-hydrogen) atoms. The summed E-state index contributed by atoms with van der Waals surface area (Å²) in [5, 5.41) is 9.31. The van der Waals surface area contributed by atoms with Crippen LogP contribution in [0.2, 0.25) is 0 Å². The van der Waals surface area contributed by atoms with E-state index >= 15 is 0 Å². The van der Waals surface area contributed by atoms with Gasteiger partial charge in [0, 0.05) is 32.0 Å². The summed E-state index contributed by atoms with van der Waals surface area (Å²) in [7, 11) is 0. The van der Waals surface area contributed by atoms with Crippen molar-refractivity contribution in [2.75, 3.05) is 17.3 Å². The summed E-state index contributed by atoms with van der Waals surface area (Å²) in [5.74, 6) is -4.25. The summed E-state index contributed by atoms with van der Waals surface area (Å²) < 4.78 is 9.56. The van der Waals surface area contributed by atoms with E-state index in [1.54, 1.807) is 24.3 Å². The fourth-order valence-corrected chi connectivity index (χ4v) is 2.34. The van der Waals surface area contributed by atoms with Crippen LogP contribution in [-0.4, -0.2) is 53.6 Å². The van der Waals surface area contributed by atoms with Crippen molar-refractivity contribution in [3.8, 4) is 0 Å². The molecule has 1 rings (SSSR count). The quantitative estimate of drug-likeness (QED) is 0.533. The molecule has 1 aromatic carbocycles. The fourth-order valence-electron chi connectivity index (χ4n) is 2.17. The molecule has 1 amide bonds. The summed E-state index contributed by atoms with van der Waals surface area (Å²) in [6.45, 7) is 3.90. The zero-order chi connectivity index (χ0) is 19.9. The van der Waals surface area contributed by atoms with E-state index in [1.807, 2.05) is 6.92 Å². The highest BCUT2D eigenvalue weighted by Gasteiger charge is 2.41. The lowest BCUT2D eigenvalue weighted by atomic mass is 10.1. The second kappa shape index (κ2) is 9.76. The number of alkyl halides is 1. The highest BCUT2D eigenvalue weighted by atomic mass is 35.5. The molecule has 0 unspecified atom stereocenters. The van der Waals surface area contributed by atoms with Gasteiger partial charge in [-0.3, -0.25) is 14.4 Å². The van der Waals surface area contributed by atoms with Crippen LogP contribution < -0.4 is 4.90 Å². The topological polar surface area (TPSA) is 110 Å². The van der Waals surface area contributed by atoms with E-state index in [0.29, 0.717) is 5.69 Å². The van der Waals surface area contributed by atoms with Crippen LogP contribution in [0, 0.1) is 6.92 Å². The summed E-state index contributed by atoms with van der Waals surface area (Å²) in [5.41, 5.74) is 1.39. The molecule has 0 heterocycles. The summed E-state index contributed by atoms with van der Waals surface area (Å²) in [6, 6.07) is 6.80. The van der Waals surface area contributed by atoms with E-state index < -0.39 is 36.0 Å². The number of carbonyl (C=O) groups excluding carboxylic acids is 3. The summed E-state index contributed by atoms with van der Waals surface area (Å²) >= 11 is 5.76. The van der Waals surface area contributed by atoms with Crippen molar-refractivity contribution in [3.05, 3.63) is 29.8 Å². The number of benzene rings is 1. The minimum atomic E-state index is -1.98. The molecular formula is C17H20ClNO7. The van der Waals surface area contributed by atoms with E-state index in [-0.39, 0.29) is 12.4 Å². The van der Waals surface area contributed by atoms with Crippen molar-refractivity contribution >= 4 is 41.1 Å². The lowest BCUT2D eigenvalue weighted by molar-refractivity contribution is -0.180. The van der Waals surface area contributed by atoms with Crippen LogP contribution in [0.15, 0.2) is 24.3 Å². The lowest BCUT2D eigenvalue weighted by Gasteiger charge is -2.29. The highest BCUT2D eigenvalue weighted by Crippen LogP contribution is 2.19. The second-order valence-electron chi connectivity index (χ2n) is 5.41. The van der Waals surface area contributed by atoms with Crippen LogP contribution in [0.1, 0.15) is 19.4 Å². The number of hydrogen-bond acceptors (Lipinski definition) is 6. The maximum Gasteiger partial charge on any atom is 0.349 e. The van der Waals surface area contributed by atoms with Crippen LogP contribution in [0.5, 0.6) is 0 Å². The molecule has 9 heteroatoms. The Balaban J connectivity index is 3.28. The maximum absolute atomic E-state index is 12.9. The molecule has 1 aromatic rings. The number of anilines is 1. The van der Waals surface area contributed by atoms with E-state index in [1.165, 1.54) is 4.90 Å². The Labute approximate surface area is 155 Å². The maximum atomic E-state index is 12.9. The monoisotopic (exact) mass is 385 g/mol. The minimum absolute atomic E-state index is 0.0353. The van der Waals surface area contributed by atoms with Crippen molar-refractivity contribution < 1.29 is 33.8 Å². The molecule has 0 saturated carbocycles. The number of carboxylic acids is 1. The Hall–Kier alpha value is -2.61. The Kier molecular flexibility index (Phi) is 8.05. The van der Waals surface area contributed by atoms with Crippen molar-refractivity contribution in [1.29, 1.82) is 0 Å². The molecule has 0 aliphatic carbocycles. The van der Waals surface area contributed by atoms with E-state index in [9.17, 15) is 24.3 Å². The molecule has 1 N–H and O–H groups in total. The number of nitrogens with zero attached hydrogens (tertiary/aromatic N) is 1. The number of esters is 2. The van der Waals surface area contributed by atoms with Gasteiger partial charge in [-0.2, -0.15) is 0 Å². The molecule has 0 fully saturated rings. The lowest BCUT2D eigenvalue weighted by Crippen LogP contribution is -2.52. The first-order valence-corrected chi connectivity index (χ1v) is 8.22. The van der Waals surface area contributed by atoms with Crippen molar-refractivity contribution in [2.45, 2.75) is 33.0 Å². The molecule has 0 saturated heterocycles. The molecule has 0 aliphatic heterocycles. The molecular weight excluding hydrogens is 366 g/mol. The summed E-state index contributed by atoms with van der Waals surface area (Å²) in [4.78, 5) is 48.1. The predicted molar refractivity (Wildman–Crippen MR) is 93.0 cm³/mol. The first-order valence-electron chi connectivity index (χ1n) is 7.68. The minimum Gasteiger partial charge on any atom is -0.478 e. The van der Waals surface area contributed by atoms with E-state index in [4.69, 9.17) is 16.3 Å². The third kappa shape index (κ3) is 6.03. The van der Waals surface area contributed by atoms with Gasteiger partial charge >= 0.3 is 17.9 Å². The molecule has 8 nitrogen and oxygen atoms in total. The van der Waals surface area contributed by atoms with Crippen LogP contribution in [0.4, 0.5) is 5.69 Å². The zero-order valence-electron chi connectivity index (χ0n) is 14.6. The van der Waals surface area contributed by atoms with Crippen molar-refractivity contribution in [1.82, 2.24) is 0 Å². The number of halogens is 1. The van der Waals surface area contributed by atoms with Gasteiger partial charge in [0.15, 0.2) is 0 Å². The molecule has 142 valence electrons. The normalized spacial score (nSPS) is 12.6. The SMILES string of the molecule is CC(=O)O[C@@H](C(=O)O)[C@@H](OC(C)=O)C(=O)N(CCCl)c1ccc(C)cc1. The van der Waals surface area contributed by atoms with Crippen LogP contribution >= 0.6 is 11.6 Å². The number of aliphatic carboxylic acids is 1. The molecule has 0 radical (unpaired) electrons. The number of rotatable bonds is 8. The molecule has 0 spiro atoms. The van der Waals surface area contributed by atoms with E-state index in [0.717, 1.165) is 19.4 Å². The first-order chi connectivity index (χ1) is 12.2. The van der Waals surface area contributed by atoms with Gasteiger partial charge in [-0.25, -0.2) is 4.79 Å². The van der Waals surface area contributed by atoms with Crippen LogP contribution in [0.25, 0.3) is 0 Å². The Morgan fingerprint density at radius 1 is 1.04 bits per heavy atom. The number of aryl methyl sites for hydroxylation is 1. The molecule has 0 bridgehead atoms. The average molecular weight is 386 g/mol. The second-order valence-corrected chi connectivity index (χ2v) is 5.79. The number of hydrogen-bond donors (Lipinski definition) is 1. The van der Waals surface area contributed by atoms with Gasteiger partial charge in [-0.05, 0) is 19.1 Å². The van der Waals surface area contributed by atoms with E-state index in [2.05, 4.69) is 4.74 Å². The smallest absolute Gasteiger partial charge is 0.349 e. The molecule has 0 aromatic heterocycles. The standard InChI is InChI=1S/C17H20ClNO7/c1-10-4-6-13(7-5-10)19(9-8-18)16(22)14(25-11(2)20)15(17(23)24)26-12(3)21/h4-7,14-15H,8-9H2,1-3H3,(H,23,24)/t14-,15-/m1/s1. The predicted octanol–water partition coefficient (Wildman–Crippen LogP) is 1.51. The third-order valence-corrected chi connectivity index (χ3v) is 3.44. The van der Waals surface area contributed by atoms with Crippen LogP contribution in [-0.2, 0) is 28.7 Å². The Morgan fingerprint density at radius 3 is 1.96 bits per heavy atom. The van der Waals surface area contributed by atoms with Crippen LogP contribution in [0.3, 0.4) is 0 Å². The Morgan fingerprint density at radius 2 is 1.54 bits per heavy atom. The molecule has 0 aliphatic rings. The van der Waals surface area contributed by atoms with Gasteiger partial charge in [0.2, 0.25) is 12.2 Å². The van der Waals surface area contributed by atoms with Gasteiger partial charge in [0.1, 0.15) is 0 Å². The summed E-state index contributed by atoms with van der Waals surface area (Å²) in [6.07, 6.45) is -3.83. The van der Waals surface area contributed by atoms with Crippen molar-refractivity contribution in [2.24, 2.45) is 0 Å². The Bertz CT molecular complexity index is 674. The highest BCUT2D eigenvalue weighted by molar-refractivity contribution is 6.18. The molecule has 2 atom stereocenters. The first kappa shape index (κ1) is 21.4. The average Bonchev–Trinajstić information content (AvgIpc) is 2.55. The van der Waals surface area contributed by atoms with Gasteiger partial charge < -0.3 is 19.5 Å².